The first kappa shape index (κ1) is 21.5. The van der Waals surface area contributed by atoms with Crippen molar-refractivity contribution in [2.75, 3.05) is 0 Å². The second-order valence-electron chi connectivity index (χ2n) is 6.00. The summed E-state index contributed by atoms with van der Waals surface area (Å²) in [6.45, 7) is 2.25. The molecule has 1 unspecified atom stereocenters. The van der Waals surface area contributed by atoms with E-state index in [0.717, 1.165) is 25.7 Å². The van der Waals surface area contributed by atoms with Gasteiger partial charge in [-0.25, -0.2) is 4.79 Å². The van der Waals surface area contributed by atoms with Gasteiger partial charge in [0.25, 0.3) is 0 Å². The summed E-state index contributed by atoms with van der Waals surface area (Å²) < 4.78 is 10.5. The molecule has 128 valence electrons. The van der Waals surface area contributed by atoms with Gasteiger partial charge in [0.15, 0.2) is 0 Å². The van der Waals surface area contributed by atoms with E-state index in [1.165, 1.54) is 57.8 Å². The third-order valence-electron chi connectivity index (χ3n) is 3.87. The molecule has 0 saturated carbocycles. The summed E-state index contributed by atoms with van der Waals surface area (Å²) >= 11 is 0. The molecular weight excluding hydrogens is 295 g/mol. The SMILES string of the molecule is CCCCCCCC/C=C\CCCCCCCC(=O)[P+](=O)O. The van der Waals surface area contributed by atoms with Gasteiger partial charge in [-0.15, -0.1) is 0 Å². The zero-order chi connectivity index (χ0) is 16.5. The molecule has 0 saturated heterocycles. The maximum Gasteiger partial charge on any atom is 0.584 e. The summed E-state index contributed by atoms with van der Waals surface area (Å²) in [6, 6.07) is 0. The number of carbonyl (C=O) groups excluding carboxylic acids is 1. The van der Waals surface area contributed by atoms with Gasteiger partial charge < -0.3 is 0 Å². The number of hydrogen-bond donors (Lipinski definition) is 1. The fraction of sp³-hybridized carbons (Fsp3) is 0.833. The van der Waals surface area contributed by atoms with Gasteiger partial charge >= 0.3 is 13.6 Å². The van der Waals surface area contributed by atoms with Crippen molar-refractivity contribution in [2.45, 2.75) is 96.8 Å². The van der Waals surface area contributed by atoms with Crippen LogP contribution < -0.4 is 0 Å². The first-order valence-corrected chi connectivity index (χ1v) is 10.2. The predicted molar refractivity (Wildman–Crippen MR) is 94.3 cm³/mol. The van der Waals surface area contributed by atoms with Crippen molar-refractivity contribution in [3.05, 3.63) is 12.2 Å². The largest absolute Gasteiger partial charge is 0.584 e. The number of unbranched alkanes of at least 4 members (excludes halogenated alkanes) is 11. The van der Waals surface area contributed by atoms with Crippen LogP contribution in [0.4, 0.5) is 0 Å². The summed E-state index contributed by atoms with van der Waals surface area (Å²) in [6.07, 6.45) is 20.6. The number of rotatable bonds is 16. The van der Waals surface area contributed by atoms with Crippen molar-refractivity contribution in [3.63, 3.8) is 0 Å². The number of allylic oxidation sites excluding steroid dienone is 2. The van der Waals surface area contributed by atoms with Crippen molar-refractivity contribution >= 4 is 13.6 Å². The van der Waals surface area contributed by atoms with Crippen molar-refractivity contribution in [1.29, 1.82) is 0 Å². The minimum atomic E-state index is -2.60. The van der Waals surface area contributed by atoms with Gasteiger partial charge in [0, 0.05) is 0 Å². The maximum atomic E-state index is 10.9. The molecule has 0 radical (unpaired) electrons. The molecule has 0 amide bonds. The van der Waals surface area contributed by atoms with Crippen LogP contribution in [0.3, 0.4) is 0 Å². The molecule has 0 bridgehead atoms. The molecule has 0 rings (SSSR count). The van der Waals surface area contributed by atoms with Gasteiger partial charge in [-0.05, 0) is 36.7 Å². The summed E-state index contributed by atoms with van der Waals surface area (Å²) in [5.74, 6) is 0. The molecule has 22 heavy (non-hydrogen) atoms. The minimum absolute atomic E-state index is 0.254. The molecule has 1 N–H and O–H groups in total. The molecule has 0 aromatic heterocycles. The van der Waals surface area contributed by atoms with E-state index in [0.29, 0.717) is 0 Å². The Balaban J connectivity index is 3.17. The molecule has 3 nitrogen and oxygen atoms in total. The molecule has 0 aromatic rings. The maximum absolute atomic E-state index is 10.9. The molecule has 0 aromatic carbocycles. The minimum Gasteiger partial charge on any atom is -0.237 e. The zero-order valence-electron chi connectivity index (χ0n) is 14.3. The summed E-state index contributed by atoms with van der Waals surface area (Å²) in [4.78, 5) is 19.5. The van der Waals surface area contributed by atoms with Crippen LogP contribution in [0, 0.1) is 0 Å². The second-order valence-corrected chi connectivity index (χ2v) is 7.05. The number of carbonyl (C=O) groups is 1. The topological polar surface area (TPSA) is 54.4 Å². The van der Waals surface area contributed by atoms with E-state index in [2.05, 4.69) is 19.1 Å². The normalized spacial score (nSPS) is 12.0. The quantitative estimate of drug-likeness (QED) is 0.206. The van der Waals surface area contributed by atoms with E-state index >= 15 is 0 Å². The lowest BCUT2D eigenvalue weighted by Crippen LogP contribution is -1.90. The first-order chi connectivity index (χ1) is 10.7. The van der Waals surface area contributed by atoms with Gasteiger partial charge in [-0.1, -0.05) is 70.4 Å². The predicted octanol–water partition coefficient (Wildman–Crippen LogP) is 6.29. The van der Waals surface area contributed by atoms with E-state index < -0.39 is 13.6 Å². The van der Waals surface area contributed by atoms with Crippen LogP contribution in [0.2, 0.25) is 0 Å². The third kappa shape index (κ3) is 15.9. The fourth-order valence-corrected chi connectivity index (χ4v) is 2.79. The Kier molecular flexibility index (Phi) is 16.4. The van der Waals surface area contributed by atoms with Gasteiger partial charge in [0.1, 0.15) is 0 Å². The smallest absolute Gasteiger partial charge is 0.237 e. The highest BCUT2D eigenvalue weighted by Gasteiger charge is 2.23. The average Bonchev–Trinajstić information content (AvgIpc) is 2.50. The summed E-state index contributed by atoms with van der Waals surface area (Å²) in [5.41, 5.74) is -0.507. The second kappa shape index (κ2) is 16.8. The highest BCUT2D eigenvalue weighted by atomic mass is 31.1. The molecule has 1 atom stereocenters. The van der Waals surface area contributed by atoms with Gasteiger partial charge in [0.05, 0.1) is 6.42 Å². The Hall–Kier alpha value is -0.530. The van der Waals surface area contributed by atoms with Gasteiger partial charge in [-0.2, -0.15) is 4.89 Å². The summed E-state index contributed by atoms with van der Waals surface area (Å²) in [5, 5.41) is 0. The van der Waals surface area contributed by atoms with Crippen molar-refractivity contribution in [3.8, 4) is 0 Å². The van der Waals surface area contributed by atoms with Crippen LogP contribution >= 0.6 is 8.03 Å². The lowest BCUT2D eigenvalue weighted by atomic mass is 10.1. The summed E-state index contributed by atoms with van der Waals surface area (Å²) in [7, 11) is -2.60. The monoisotopic (exact) mass is 329 g/mol. The van der Waals surface area contributed by atoms with Gasteiger partial charge in [-0.3, -0.25) is 0 Å². The Bertz CT molecular complexity index is 313. The highest BCUT2D eigenvalue weighted by molar-refractivity contribution is 7.58. The highest BCUT2D eigenvalue weighted by Crippen LogP contribution is 2.19. The van der Waals surface area contributed by atoms with Crippen LogP contribution in [0.25, 0.3) is 0 Å². The third-order valence-corrected chi connectivity index (χ3v) is 4.52. The van der Waals surface area contributed by atoms with Crippen LogP contribution in [0.15, 0.2) is 12.2 Å². The van der Waals surface area contributed by atoms with Crippen molar-refractivity contribution in [1.82, 2.24) is 0 Å². The Morgan fingerprint density at radius 2 is 1.27 bits per heavy atom. The van der Waals surface area contributed by atoms with Crippen molar-refractivity contribution in [2.24, 2.45) is 0 Å². The average molecular weight is 329 g/mol. The fourth-order valence-electron chi connectivity index (χ4n) is 2.44. The first-order valence-electron chi connectivity index (χ1n) is 9.02. The lowest BCUT2D eigenvalue weighted by molar-refractivity contribution is -0.112. The van der Waals surface area contributed by atoms with Crippen LogP contribution in [-0.2, 0) is 9.36 Å². The number of hydrogen-bond acceptors (Lipinski definition) is 2. The van der Waals surface area contributed by atoms with E-state index in [-0.39, 0.29) is 6.42 Å². The van der Waals surface area contributed by atoms with Crippen LogP contribution in [0.1, 0.15) is 96.8 Å². The molecule has 0 aliphatic heterocycles. The standard InChI is InChI=1S/C18H33O3P/c1-2-3-4-5-6-7-8-9-10-11-12-13-14-15-16-17-18(19)22(20)21/h9-10H,2-8,11-17H2,1H3/p+1/b10-9-. The molecule has 0 spiro atoms. The van der Waals surface area contributed by atoms with Crippen molar-refractivity contribution < 1.29 is 14.3 Å². The molecule has 0 aliphatic carbocycles. The lowest BCUT2D eigenvalue weighted by Gasteiger charge is -1.98. The Morgan fingerprint density at radius 3 is 1.77 bits per heavy atom. The Morgan fingerprint density at radius 1 is 0.818 bits per heavy atom. The van der Waals surface area contributed by atoms with E-state index in [9.17, 15) is 9.36 Å². The Labute approximate surface area is 137 Å². The van der Waals surface area contributed by atoms with E-state index in [1.807, 2.05) is 0 Å². The van der Waals surface area contributed by atoms with E-state index in [1.54, 1.807) is 0 Å². The molecule has 0 aliphatic rings. The van der Waals surface area contributed by atoms with Crippen LogP contribution in [0.5, 0.6) is 0 Å². The molecule has 4 heteroatoms. The van der Waals surface area contributed by atoms with Crippen LogP contribution in [-0.4, -0.2) is 10.4 Å². The van der Waals surface area contributed by atoms with E-state index in [4.69, 9.17) is 4.89 Å². The zero-order valence-corrected chi connectivity index (χ0v) is 15.2. The molecule has 0 heterocycles. The van der Waals surface area contributed by atoms with Gasteiger partial charge in [0.2, 0.25) is 0 Å². The molecular formula is C18H34O3P+. The molecule has 0 fully saturated rings.